The van der Waals surface area contributed by atoms with Crippen molar-refractivity contribution in [1.82, 2.24) is 9.97 Å². The van der Waals surface area contributed by atoms with Gasteiger partial charge >= 0.3 is 6.18 Å². The summed E-state index contributed by atoms with van der Waals surface area (Å²) in [5.74, 6) is -0.947. The van der Waals surface area contributed by atoms with Crippen LogP contribution in [-0.2, 0) is 6.18 Å². The quantitative estimate of drug-likeness (QED) is 0.898. The van der Waals surface area contributed by atoms with Gasteiger partial charge in [-0.1, -0.05) is 18.2 Å². The minimum absolute atomic E-state index is 0.0921. The first-order chi connectivity index (χ1) is 9.49. The van der Waals surface area contributed by atoms with Crippen LogP contribution in [0.5, 0.6) is 0 Å². The van der Waals surface area contributed by atoms with Gasteiger partial charge in [-0.15, -0.1) is 0 Å². The summed E-state index contributed by atoms with van der Waals surface area (Å²) in [4.78, 5) is 6.94. The molecule has 0 aliphatic carbocycles. The Morgan fingerprint density at radius 2 is 1.70 bits per heavy atom. The molecule has 0 aliphatic rings. The molecule has 0 aliphatic heterocycles. The second-order valence-electron chi connectivity index (χ2n) is 3.98. The minimum Gasteiger partial charge on any atom is -0.370 e. The summed E-state index contributed by atoms with van der Waals surface area (Å²) in [6.07, 6.45) is -4.58. The van der Waals surface area contributed by atoms with Crippen LogP contribution in [0.2, 0.25) is 0 Å². The van der Waals surface area contributed by atoms with E-state index in [2.05, 4.69) is 20.6 Å². The van der Waals surface area contributed by atoms with Gasteiger partial charge in [0.05, 0.1) is 0 Å². The molecule has 4 nitrogen and oxygen atoms in total. The first-order valence-corrected chi connectivity index (χ1v) is 6.01. The van der Waals surface area contributed by atoms with Crippen molar-refractivity contribution < 1.29 is 13.2 Å². The molecule has 2 rings (SSSR count). The van der Waals surface area contributed by atoms with Gasteiger partial charge in [-0.25, -0.2) is 9.97 Å². The maximum absolute atomic E-state index is 12.7. The molecule has 2 N–H and O–H groups in total. The zero-order valence-electron chi connectivity index (χ0n) is 10.7. The number of aromatic nitrogens is 2. The Bertz CT molecular complexity index is 570. The molecule has 0 saturated heterocycles. The van der Waals surface area contributed by atoms with Gasteiger partial charge in [-0.05, 0) is 19.1 Å². The summed E-state index contributed by atoms with van der Waals surface area (Å²) in [5, 5.41) is 5.58. The molecule has 0 radical (unpaired) electrons. The lowest BCUT2D eigenvalue weighted by atomic mass is 10.3. The van der Waals surface area contributed by atoms with E-state index in [0.29, 0.717) is 12.2 Å². The molecule has 0 spiro atoms. The second-order valence-corrected chi connectivity index (χ2v) is 3.98. The predicted octanol–water partition coefficient (Wildman–Crippen LogP) is 3.67. The Labute approximate surface area is 114 Å². The standard InChI is InChI=1S/C13H13F3N4/c1-2-17-10-8-11(18-9-6-4-3-5-7-9)20-12(19-10)13(14,15)16/h3-8H,2H2,1H3,(H2,17,18,19,20). The minimum atomic E-state index is -4.58. The number of hydrogen-bond donors (Lipinski definition) is 2. The molecule has 2 aromatic rings. The van der Waals surface area contributed by atoms with Crippen LogP contribution in [0.3, 0.4) is 0 Å². The van der Waals surface area contributed by atoms with Crippen LogP contribution in [0, 0.1) is 0 Å². The first kappa shape index (κ1) is 14.1. The van der Waals surface area contributed by atoms with E-state index >= 15 is 0 Å². The molecule has 106 valence electrons. The summed E-state index contributed by atoms with van der Waals surface area (Å²) in [6, 6.07) is 10.3. The zero-order valence-corrected chi connectivity index (χ0v) is 10.7. The van der Waals surface area contributed by atoms with E-state index < -0.39 is 12.0 Å². The molecule has 0 atom stereocenters. The first-order valence-electron chi connectivity index (χ1n) is 6.01. The molecule has 0 bridgehead atoms. The highest BCUT2D eigenvalue weighted by Crippen LogP contribution is 2.29. The number of nitrogens with zero attached hydrogens (tertiary/aromatic N) is 2. The Morgan fingerprint density at radius 3 is 2.30 bits per heavy atom. The monoisotopic (exact) mass is 282 g/mol. The highest BCUT2D eigenvalue weighted by atomic mass is 19.4. The van der Waals surface area contributed by atoms with Crippen molar-refractivity contribution in [3.05, 3.63) is 42.2 Å². The van der Waals surface area contributed by atoms with Crippen LogP contribution < -0.4 is 10.6 Å². The van der Waals surface area contributed by atoms with Gasteiger partial charge in [0.25, 0.3) is 0 Å². The van der Waals surface area contributed by atoms with Crippen molar-refractivity contribution in [2.75, 3.05) is 17.2 Å². The molecule has 20 heavy (non-hydrogen) atoms. The number of nitrogens with one attached hydrogen (secondary N) is 2. The lowest BCUT2D eigenvalue weighted by Crippen LogP contribution is -2.14. The van der Waals surface area contributed by atoms with Crippen LogP contribution in [-0.4, -0.2) is 16.5 Å². The zero-order chi connectivity index (χ0) is 14.6. The van der Waals surface area contributed by atoms with Crippen LogP contribution in [0.1, 0.15) is 12.7 Å². The number of anilines is 3. The van der Waals surface area contributed by atoms with E-state index in [0.717, 1.165) is 0 Å². The third-order valence-corrected chi connectivity index (χ3v) is 2.38. The number of halogens is 3. The van der Waals surface area contributed by atoms with Crippen molar-refractivity contribution >= 4 is 17.3 Å². The molecular weight excluding hydrogens is 269 g/mol. The Morgan fingerprint density at radius 1 is 1.05 bits per heavy atom. The highest BCUT2D eigenvalue weighted by Gasteiger charge is 2.35. The molecule has 0 saturated carbocycles. The van der Waals surface area contributed by atoms with Gasteiger partial charge in [-0.2, -0.15) is 13.2 Å². The van der Waals surface area contributed by atoms with E-state index in [4.69, 9.17) is 0 Å². The topological polar surface area (TPSA) is 49.8 Å². The smallest absolute Gasteiger partial charge is 0.370 e. The molecule has 1 aromatic heterocycles. The Hall–Kier alpha value is -2.31. The fourth-order valence-electron chi connectivity index (χ4n) is 1.58. The average Bonchev–Trinajstić information content (AvgIpc) is 2.39. The van der Waals surface area contributed by atoms with E-state index in [1.807, 2.05) is 6.07 Å². The van der Waals surface area contributed by atoms with E-state index in [-0.39, 0.29) is 11.6 Å². The number of alkyl halides is 3. The van der Waals surface area contributed by atoms with Crippen molar-refractivity contribution in [1.29, 1.82) is 0 Å². The molecule has 0 fully saturated rings. The van der Waals surface area contributed by atoms with Gasteiger partial charge in [0.1, 0.15) is 11.6 Å². The third-order valence-electron chi connectivity index (χ3n) is 2.38. The van der Waals surface area contributed by atoms with Gasteiger partial charge in [0, 0.05) is 18.3 Å². The number of hydrogen-bond acceptors (Lipinski definition) is 4. The van der Waals surface area contributed by atoms with Gasteiger partial charge in [0.15, 0.2) is 0 Å². The normalized spacial score (nSPS) is 11.2. The predicted molar refractivity (Wildman–Crippen MR) is 70.9 cm³/mol. The van der Waals surface area contributed by atoms with E-state index in [1.165, 1.54) is 6.07 Å². The maximum Gasteiger partial charge on any atom is 0.451 e. The van der Waals surface area contributed by atoms with E-state index in [9.17, 15) is 13.2 Å². The summed E-state index contributed by atoms with van der Waals surface area (Å²) in [6.45, 7) is 2.25. The van der Waals surface area contributed by atoms with Crippen LogP contribution in [0.25, 0.3) is 0 Å². The third kappa shape index (κ3) is 3.59. The van der Waals surface area contributed by atoms with Crippen molar-refractivity contribution in [2.45, 2.75) is 13.1 Å². The molecule has 0 amide bonds. The van der Waals surface area contributed by atoms with Gasteiger partial charge < -0.3 is 10.6 Å². The van der Waals surface area contributed by atoms with Crippen molar-refractivity contribution in [3.63, 3.8) is 0 Å². The molecule has 7 heteroatoms. The molecule has 1 aromatic carbocycles. The fraction of sp³-hybridized carbons (Fsp3) is 0.231. The lowest BCUT2D eigenvalue weighted by Gasteiger charge is -2.12. The van der Waals surface area contributed by atoms with Gasteiger partial charge in [-0.3, -0.25) is 0 Å². The molecule has 1 heterocycles. The highest BCUT2D eigenvalue weighted by molar-refractivity contribution is 5.59. The van der Waals surface area contributed by atoms with Gasteiger partial charge in [0.2, 0.25) is 5.82 Å². The Balaban J connectivity index is 2.34. The second kappa shape index (κ2) is 5.77. The molecule has 0 unspecified atom stereocenters. The SMILES string of the molecule is CCNc1cc(Nc2ccccc2)nc(C(F)(F)F)n1. The number of rotatable bonds is 4. The number of benzene rings is 1. The van der Waals surface area contributed by atoms with Crippen molar-refractivity contribution in [2.24, 2.45) is 0 Å². The average molecular weight is 282 g/mol. The lowest BCUT2D eigenvalue weighted by molar-refractivity contribution is -0.144. The fourth-order valence-corrected chi connectivity index (χ4v) is 1.58. The van der Waals surface area contributed by atoms with Crippen LogP contribution in [0.4, 0.5) is 30.5 Å². The summed E-state index contributed by atoms with van der Waals surface area (Å²) in [5.41, 5.74) is 0.654. The van der Waals surface area contributed by atoms with Crippen LogP contribution >= 0.6 is 0 Å². The Kier molecular flexibility index (Phi) is 4.07. The summed E-state index contributed by atoms with van der Waals surface area (Å²) < 4.78 is 38.2. The summed E-state index contributed by atoms with van der Waals surface area (Å²) >= 11 is 0. The maximum atomic E-state index is 12.7. The number of para-hydroxylation sites is 1. The van der Waals surface area contributed by atoms with Crippen molar-refractivity contribution in [3.8, 4) is 0 Å². The largest absolute Gasteiger partial charge is 0.451 e. The molecular formula is C13H13F3N4. The summed E-state index contributed by atoms with van der Waals surface area (Å²) in [7, 11) is 0. The van der Waals surface area contributed by atoms with E-state index in [1.54, 1.807) is 31.2 Å². The van der Waals surface area contributed by atoms with Crippen LogP contribution in [0.15, 0.2) is 36.4 Å².